The van der Waals surface area contributed by atoms with Crippen LogP contribution >= 0.6 is 11.9 Å². The quantitative estimate of drug-likeness (QED) is 0.524. The van der Waals surface area contributed by atoms with E-state index in [1.807, 2.05) is 0 Å². The molecule has 0 saturated heterocycles. The fourth-order valence-corrected chi connectivity index (χ4v) is 0.278. The minimum atomic E-state index is -4.27. The molecule has 0 rings (SSSR count). The summed E-state index contributed by atoms with van der Waals surface area (Å²) in [5.41, 5.74) is 0. The van der Waals surface area contributed by atoms with Gasteiger partial charge in [0.25, 0.3) is 0 Å². The number of hydrogen-bond donors (Lipinski definition) is 0. The molecular formula is CHClO5S. The van der Waals surface area contributed by atoms with Crippen LogP contribution in [0.1, 0.15) is 0 Å². The Kier molecular flexibility index (Phi) is 2.74. The molecule has 0 spiro atoms. The van der Waals surface area contributed by atoms with Crippen molar-refractivity contribution in [1.29, 1.82) is 0 Å². The maximum atomic E-state index is 9.79. The van der Waals surface area contributed by atoms with Gasteiger partial charge >= 0.3 is 16.9 Å². The monoisotopic (exact) mass is 160 g/mol. The summed E-state index contributed by atoms with van der Waals surface area (Å²) in [5.74, 6) is 0. The van der Waals surface area contributed by atoms with Crippen LogP contribution in [0.3, 0.4) is 0 Å². The van der Waals surface area contributed by atoms with Crippen molar-refractivity contribution in [2.24, 2.45) is 0 Å². The van der Waals surface area contributed by atoms with E-state index >= 15 is 0 Å². The third-order valence-electron chi connectivity index (χ3n) is 0.234. The van der Waals surface area contributed by atoms with Gasteiger partial charge in [0.15, 0.2) is 0 Å². The molecule has 7 heteroatoms. The lowest BCUT2D eigenvalue weighted by Crippen LogP contribution is -2.02. The first-order valence-corrected chi connectivity index (χ1v) is 2.93. The summed E-state index contributed by atoms with van der Waals surface area (Å²) >= 11 is 4.30. The highest BCUT2D eigenvalue weighted by molar-refractivity contribution is 7.82. The van der Waals surface area contributed by atoms with Crippen LogP contribution in [0.2, 0.25) is 0 Å². The topological polar surface area (TPSA) is 69.7 Å². The predicted molar refractivity (Wildman–Crippen MR) is 23.0 cm³/mol. The van der Waals surface area contributed by atoms with Gasteiger partial charge in [-0.15, -0.1) is 3.74 Å². The van der Waals surface area contributed by atoms with Crippen LogP contribution < -0.4 is 0 Å². The summed E-state index contributed by atoms with van der Waals surface area (Å²) < 4.78 is 26.1. The number of carbonyl (C=O) groups is 1. The van der Waals surface area contributed by atoms with Crippen molar-refractivity contribution in [3.8, 4) is 0 Å². The molecule has 0 aliphatic rings. The zero-order valence-corrected chi connectivity index (χ0v) is 4.98. The van der Waals surface area contributed by atoms with Crippen LogP contribution in [0.4, 0.5) is 0 Å². The van der Waals surface area contributed by atoms with Crippen molar-refractivity contribution in [2.45, 2.75) is 0 Å². The highest BCUT2D eigenvalue weighted by Crippen LogP contribution is 1.94. The highest BCUT2D eigenvalue weighted by atomic mass is 35.5. The molecule has 0 heterocycles. The average molecular weight is 161 g/mol. The van der Waals surface area contributed by atoms with Gasteiger partial charge in [-0.1, -0.05) is 0 Å². The van der Waals surface area contributed by atoms with Gasteiger partial charge in [0.05, 0.1) is 11.9 Å². The van der Waals surface area contributed by atoms with E-state index in [4.69, 9.17) is 0 Å². The molecule has 0 N–H and O–H groups in total. The second kappa shape index (κ2) is 2.85. The Morgan fingerprint density at radius 3 is 2.12 bits per heavy atom. The summed E-state index contributed by atoms with van der Waals surface area (Å²) in [6.07, 6.45) is 0. The minimum absolute atomic E-state index is 0.308. The van der Waals surface area contributed by atoms with Crippen molar-refractivity contribution in [1.82, 2.24) is 0 Å². The molecule has 0 fully saturated rings. The van der Waals surface area contributed by atoms with E-state index in [0.717, 1.165) is 0 Å². The molecule has 8 heavy (non-hydrogen) atoms. The maximum absolute atomic E-state index is 9.79. The van der Waals surface area contributed by atoms with E-state index in [1.54, 1.807) is 0 Å². The Labute approximate surface area is 50.6 Å². The lowest BCUT2D eigenvalue weighted by Gasteiger charge is -1.88. The zero-order chi connectivity index (χ0) is 6.62. The summed E-state index contributed by atoms with van der Waals surface area (Å²) in [6, 6.07) is 0. The third-order valence-corrected chi connectivity index (χ3v) is 1.17. The van der Waals surface area contributed by atoms with Crippen molar-refractivity contribution < 1.29 is 21.1 Å². The van der Waals surface area contributed by atoms with Crippen LogP contribution in [0.25, 0.3) is 0 Å². The fourth-order valence-electron chi connectivity index (χ4n) is 0.0630. The van der Waals surface area contributed by atoms with Gasteiger partial charge in [-0.25, -0.2) is 0 Å². The zero-order valence-electron chi connectivity index (χ0n) is 3.40. The molecule has 0 aromatic heterocycles. The first-order valence-electron chi connectivity index (χ1n) is 1.29. The van der Waals surface area contributed by atoms with Gasteiger partial charge in [0, 0.05) is 0 Å². The fraction of sp³-hybridized carbons (Fsp3) is 0. The van der Waals surface area contributed by atoms with Crippen LogP contribution in [-0.4, -0.2) is 14.9 Å². The van der Waals surface area contributed by atoms with Gasteiger partial charge in [-0.05, 0) is 0 Å². The minimum Gasteiger partial charge on any atom is -0.327 e. The SMILES string of the molecule is O=COS(=O)(=O)OCl. The van der Waals surface area contributed by atoms with Gasteiger partial charge < -0.3 is 4.18 Å². The second-order valence-electron chi connectivity index (χ2n) is 0.664. The van der Waals surface area contributed by atoms with E-state index in [2.05, 4.69) is 19.8 Å². The van der Waals surface area contributed by atoms with E-state index in [-0.39, 0.29) is 6.47 Å². The number of rotatable bonds is 3. The van der Waals surface area contributed by atoms with Crippen molar-refractivity contribution in [3.63, 3.8) is 0 Å². The largest absolute Gasteiger partial charge is 0.467 e. The molecule has 0 aromatic rings. The molecule has 5 nitrogen and oxygen atoms in total. The lowest BCUT2D eigenvalue weighted by atomic mass is 11.7. The van der Waals surface area contributed by atoms with Crippen LogP contribution in [0, 0.1) is 0 Å². The molecule has 0 aliphatic heterocycles. The average Bonchev–Trinajstić information content (AvgIpc) is 1.67. The van der Waals surface area contributed by atoms with Crippen LogP contribution in [-0.2, 0) is 23.1 Å². The summed E-state index contributed by atoms with van der Waals surface area (Å²) in [5, 5.41) is 0. The Morgan fingerprint density at radius 2 is 2.00 bits per heavy atom. The molecule has 0 radical (unpaired) electrons. The third kappa shape index (κ3) is 2.78. The predicted octanol–water partition coefficient (Wildman–Crippen LogP) is -0.425. The van der Waals surface area contributed by atoms with Crippen LogP contribution in [0.15, 0.2) is 0 Å². The number of carbonyl (C=O) groups excluding carboxylic acids is 1. The second-order valence-corrected chi connectivity index (χ2v) is 2.18. The Balaban J connectivity index is 3.94. The smallest absolute Gasteiger partial charge is 0.327 e. The first kappa shape index (κ1) is 7.67. The lowest BCUT2D eigenvalue weighted by molar-refractivity contribution is -0.120. The molecule has 0 aliphatic carbocycles. The van der Waals surface area contributed by atoms with Gasteiger partial charge in [-0.2, -0.15) is 8.42 Å². The van der Waals surface area contributed by atoms with Gasteiger partial charge in [0.1, 0.15) is 0 Å². The Morgan fingerprint density at radius 1 is 1.50 bits per heavy atom. The molecule has 0 unspecified atom stereocenters. The number of halogens is 1. The van der Waals surface area contributed by atoms with Gasteiger partial charge in [-0.3, -0.25) is 4.79 Å². The van der Waals surface area contributed by atoms with E-state index in [1.165, 1.54) is 0 Å². The highest BCUT2D eigenvalue weighted by Gasteiger charge is 2.08. The summed E-state index contributed by atoms with van der Waals surface area (Å²) in [7, 11) is -4.27. The molecule has 48 valence electrons. The molecule has 0 aromatic carbocycles. The molecule has 0 bridgehead atoms. The Hall–Kier alpha value is -0.330. The molecule has 0 amide bonds. The summed E-state index contributed by atoms with van der Waals surface area (Å²) in [4.78, 5) is 9.24. The molecular weight excluding hydrogens is 160 g/mol. The van der Waals surface area contributed by atoms with Crippen LogP contribution in [0.5, 0.6) is 0 Å². The van der Waals surface area contributed by atoms with Crippen molar-refractivity contribution in [2.75, 3.05) is 0 Å². The van der Waals surface area contributed by atoms with Gasteiger partial charge in [0.2, 0.25) is 0 Å². The maximum Gasteiger partial charge on any atom is 0.467 e. The molecule has 0 atom stereocenters. The summed E-state index contributed by atoms with van der Waals surface area (Å²) in [6.45, 7) is -0.308. The number of hydrogen-bond acceptors (Lipinski definition) is 5. The standard InChI is InChI=1S/CHClO5S/c2-7-8(4,5)6-1-3/h1H. The normalized spacial score (nSPS) is 10.6. The van der Waals surface area contributed by atoms with E-state index in [9.17, 15) is 13.2 Å². The van der Waals surface area contributed by atoms with Crippen molar-refractivity contribution in [3.05, 3.63) is 0 Å². The van der Waals surface area contributed by atoms with E-state index in [0.29, 0.717) is 0 Å². The van der Waals surface area contributed by atoms with Crippen molar-refractivity contribution >= 4 is 28.7 Å². The molecule has 0 saturated carbocycles. The Bertz CT molecular complexity index is 157. The first-order chi connectivity index (χ1) is 3.62. The van der Waals surface area contributed by atoms with E-state index < -0.39 is 10.4 Å².